The van der Waals surface area contributed by atoms with Gasteiger partial charge in [0, 0.05) is 19.1 Å². The molecule has 0 aliphatic carbocycles. The lowest BCUT2D eigenvalue weighted by molar-refractivity contribution is -0.706. The average Bonchev–Trinajstić information content (AvgIpc) is 3.02. The van der Waals surface area contributed by atoms with E-state index in [1.807, 2.05) is 0 Å². The first-order valence-corrected chi connectivity index (χ1v) is 11.2. The van der Waals surface area contributed by atoms with Crippen molar-refractivity contribution in [3.63, 3.8) is 0 Å². The number of pyridine rings is 1. The summed E-state index contributed by atoms with van der Waals surface area (Å²) < 4.78 is 7.06. The standard InChI is InChI=1S/C24H41N3.2BrH/c1-4-5-6-7-8-9-10-11-12-13-16-26-21-22-27(24(26)3)20-19-25-17-14-23(2)15-18-25;;/h14-15,17-18,21-22H,4-13,16,19-20H2,1-3H3;2*1H/q+2;;/p-2. The number of halogens is 2. The van der Waals surface area contributed by atoms with Gasteiger partial charge in [-0.2, -0.15) is 0 Å². The molecule has 3 nitrogen and oxygen atoms in total. The van der Waals surface area contributed by atoms with E-state index in [-0.39, 0.29) is 34.0 Å². The summed E-state index contributed by atoms with van der Waals surface area (Å²) in [5.41, 5.74) is 1.32. The summed E-state index contributed by atoms with van der Waals surface area (Å²) in [4.78, 5) is 0. The highest BCUT2D eigenvalue weighted by atomic mass is 79.9. The molecule has 0 fully saturated rings. The maximum absolute atomic E-state index is 2.42. The summed E-state index contributed by atoms with van der Waals surface area (Å²) in [6.07, 6.45) is 22.8. The minimum Gasteiger partial charge on any atom is -1.00 e. The van der Waals surface area contributed by atoms with Crippen molar-refractivity contribution in [2.75, 3.05) is 0 Å². The zero-order valence-corrected chi connectivity index (χ0v) is 21.9. The van der Waals surface area contributed by atoms with Gasteiger partial charge < -0.3 is 34.0 Å². The molecule has 2 aromatic heterocycles. The molecule has 2 rings (SSSR count). The van der Waals surface area contributed by atoms with Crippen LogP contribution in [0, 0.1) is 13.8 Å². The summed E-state index contributed by atoms with van der Waals surface area (Å²) >= 11 is 0. The Kier molecular flexibility index (Phi) is 16.6. The molecule has 0 saturated heterocycles. The van der Waals surface area contributed by atoms with Crippen LogP contribution < -0.4 is 43.1 Å². The van der Waals surface area contributed by atoms with E-state index >= 15 is 0 Å². The molecule has 0 radical (unpaired) electrons. The molecule has 29 heavy (non-hydrogen) atoms. The van der Waals surface area contributed by atoms with E-state index in [1.165, 1.54) is 75.6 Å². The van der Waals surface area contributed by atoms with Gasteiger partial charge in [-0.1, -0.05) is 58.3 Å². The molecule has 0 aromatic carbocycles. The van der Waals surface area contributed by atoms with Crippen LogP contribution in [0.1, 0.15) is 82.5 Å². The molecular weight excluding hydrogens is 490 g/mol. The molecule has 0 amide bonds. The molecule has 0 aliphatic heterocycles. The Bertz CT molecular complexity index is 638. The van der Waals surface area contributed by atoms with Crippen molar-refractivity contribution in [2.45, 2.75) is 105 Å². The predicted molar refractivity (Wildman–Crippen MR) is 113 cm³/mol. The first-order valence-electron chi connectivity index (χ1n) is 11.2. The number of unbranched alkanes of at least 4 members (excludes halogenated alkanes) is 9. The lowest BCUT2D eigenvalue weighted by atomic mass is 10.1. The fraction of sp³-hybridized carbons (Fsp3) is 0.667. The van der Waals surface area contributed by atoms with Gasteiger partial charge in [0.25, 0.3) is 5.82 Å². The summed E-state index contributed by atoms with van der Waals surface area (Å²) in [5.74, 6) is 1.37. The van der Waals surface area contributed by atoms with E-state index in [2.05, 4.69) is 71.4 Å². The van der Waals surface area contributed by atoms with E-state index < -0.39 is 0 Å². The van der Waals surface area contributed by atoms with Crippen molar-refractivity contribution in [2.24, 2.45) is 0 Å². The normalized spacial score (nSPS) is 10.4. The Morgan fingerprint density at radius 1 is 0.724 bits per heavy atom. The van der Waals surface area contributed by atoms with E-state index in [9.17, 15) is 0 Å². The lowest BCUT2D eigenvalue weighted by Gasteiger charge is -2.03. The van der Waals surface area contributed by atoms with Gasteiger partial charge in [-0.3, -0.25) is 0 Å². The van der Waals surface area contributed by atoms with Crippen molar-refractivity contribution in [3.8, 4) is 0 Å². The maximum Gasteiger partial charge on any atom is 0.253 e. The number of aryl methyl sites for hydroxylation is 4. The Morgan fingerprint density at radius 3 is 1.86 bits per heavy atom. The van der Waals surface area contributed by atoms with Crippen LogP contribution in [0.2, 0.25) is 0 Å². The van der Waals surface area contributed by atoms with E-state index in [0.717, 1.165) is 19.6 Å². The van der Waals surface area contributed by atoms with E-state index in [0.29, 0.717) is 0 Å². The van der Waals surface area contributed by atoms with Gasteiger partial charge in [-0.05, 0) is 25.3 Å². The molecule has 2 aromatic rings. The van der Waals surface area contributed by atoms with Crippen LogP contribution in [0.5, 0.6) is 0 Å². The lowest BCUT2D eigenvalue weighted by Crippen LogP contribution is -3.00. The van der Waals surface area contributed by atoms with Crippen LogP contribution in [0.4, 0.5) is 0 Å². The van der Waals surface area contributed by atoms with Gasteiger partial charge in [-0.15, -0.1) is 0 Å². The quantitative estimate of drug-likeness (QED) is 0.226. The maximum atomic E-state index is 2.42. The highest BCUT2D eigenvalue weighted by Gasteiger charge is 2.13. The molecule has 0 aliphatic rings. The number of hydrogen-bond donors (Lipinski definition) is 0. The number of imidazole rings is 1. The third-order valence-corrected chi connectivity index (χ3v) is 5.67. The van der Waals surface area contributed by atoms with E-state index in [4.69, 9.17) is 0 Å². The molecule has 0 saturated carbocycles. The second-order valence-corrected chi connectivity index (χ2v) is 8.03. The van der Waals surface area contributed by atoms with Crippen LogP contribution in [-0.4, -0.2) is 4.57 Å². The number of rotatable bonds is 14. The van der Waals surface area contributed by atoms with Gasteiger partial charge in [0.1, 0.15) is 18.9 Å². The second kappa shape index (κ2) is 17.0. The summed E-state index contributed by atoms with van der Waals surface area (Å²) in [5, 5.41) is 0. The van der Waals surface area contributed by atoms with Crippen LogP contribution >= 0.6 is 0 Å². The van der Waals surface area contributed by atoms with Crippen LogP contribution in [0.15, 0.2) is 36.9 Å². The minimum absolute atomic E-state index is 0. The van der Waals surface area contributed by atoms with Gasteiger partial charge in [0.05, 0.1) is 6.54 Å². The molecule has 0 atom stereocenters. The van der Waals surface area contributed by atoms with Crippen LogP contribution in [0.25, 0.3) is 0 Å². The molecule has 5 heteroatoms. The Balaban J connectivity index is 0.00000392. The molecular formula is C24H41Br2N3. The molecule has 0 spiro atoms. The van der Waals surface area contributed by atoms with Gasteiger partial charge in [-0.25, -0.2) is 13.7 Å². The van der Waals surface area contributed by atoms with Gasteiger partial charge in [0.2, 0.25) is 0 Å². The zero-order chi connectivity index (χ0) is 19.3. The number of nitrogens with zero attached hydrogens (tertiary/aromatic N) is 3. The topological polar surface area (TPSA) is 12.7 Å². The Hall–Kier alpha value is -0.680. The van der Waals surface area contributed by atoms with Crippen LogP contribution in [-0.2, 0) is 19.6 Å². The SMILES string of the molecule is CCCCCCCCCCCC[n+]1ccn(CC[n+]2ccc(C)cc2)c1C.[Br-].[Br-]. The third kappa shape index (κ3) is 11.3. The highest BCUT2D eigenvalue weighted by Crippen LogP contribution is 2.10. The zero-order valence-electron chi connectivity index (χ0n) is 18.8. The van der Waals surface area contributed by atoms with Crippen molar-refractivity contribution in [1.82, 2.24) is 4.57 Å². The van der Waals surface area contributed by atoms with Crippen molar-refractivity contribution < 1.29 is 43.1 Å². The highest BCUT2D eigenvalue weighted by molar-refractivity contribution is 5.03. The molecule has 0 bridgehead atoms. The Morgan fingerprint density at radius 2 is 1.28 bits per heavy atom. The monoisotopic (exact) mass is 529 g/mol. The third-order valence-electron chi connectivity index (χ3n) is 5.67. The number of hydrogen-bond acceptors (Lipinski definition) is 0. The summed E-state index contributed by atoms with van der Waals surface area (Å²) in [7, 11) is 0. The Labute approximate surface area is 200 Å². The molecule has 166 valence electrons. The van der Waals surface area contributed by atoms with Crippen LogP contribution in [0.3, 0.4) is 0 Å². The predicted octanol–water partition coefficient (Wildman–Crippen LogP) is -0.691. The van der Waals surface area contributed by atoms with Gasteiger partial charge >= 0.3 is 0 Å². The summed E-state index contributed by atoms with van der Waals surface area (Å²) in [6, 6.07) is 4.35. The minimum atomic E-state index is 0. The van der Waals surface area contributed by atoms with Crippen molar-refractivity contribution in [3.05, 3.63) is 48.3 Å². The average molecular weight is 531 g/mol. The smallest absolute Gasteiger partial charge is 0.253 e. The first-order chi connectivity index (χ1) is 13.2. The largest absolute Gasteiger partial charge is 1.00 e. The fourth-order valence-electron chi connectivity index (χ4n) is 3.69. The first kappa shape index (κ1) is 28.3. The molecule has 0 N–H and O–H groups in total. The van der Waals surface area contributed by atoms with Crippen molar-refractivity contribution in [1.29, 1.82) is 0 Å². The fourth-order valence-corrected chi connectivity index (χ4v) is 3.69. The molecule has 2 heterocycles. The van der Waals surface area contributed by atoms with Crippen molar-refractivity contribution >= 4 is 0 Å². The number of aromatic nitrogens is 3. The van der Waals surface area contributed by atoms with E-state index in [1.54, 1.807) is 0 Å². The van der Waals surface area contributed by atoms with Gasteiger partial charge in [0.15, 0.2) is 18.9 Å². The molecule has 0 unspecified atom stereocenters. The summed E-state index contributed by atoms with van der Waals surface area (Å²) in [6.45, 7) is 9.88. The second-order valence-electron chi connectivity index (χ2n) is 8.03.